The Morgan fingerprint density at radius 2 is 2.09 bits per heavy atom. The predicted octanol–water partition coefficient (Wildman–Crippen LogP) is 2.04. The zero-order valence-electron chi connectivity index (χ0n) is 6.00. The third-order valence-electron chi connectivity index (χ3n) is 2.13. The van der Waals surface area contributed by atoms with Crippen molar-refractivity contribution >= 4 is 15.9 Å². The van der Waals surface area contributed by atoms with Crippen molar-refractivity contribution in [3.05, 3.63) is 35.4 Å². The van der Waals surface area contributed by atoms with Gasteiger partial charge in [0.15, 0.2) is 0 Å². The number of halogens is 1. The molecule has 1 aromatic carbocycles. The Hall–Kier alpha value is -0.340. The van der Waals surface area contributed by atoms with E-state index in [1.54, 1.807) is 0 Å². The molecule has 0 saturated carbocycles. The fourth-order valence-electron chi connectivity index (χ4n) is 1.53. The van der Waals surface area contributed by atoms with E-state index < -0.39 is 0 Å². The zero-order valence-corrected chi connectivity index (χ0v) is 7.58. The SMILES string of the molecule is OC1c2ccccc2C[C@@H]1Br. The van der Waals surface area contributed by atoms with Crippen molar-refractivity contribution in [3.63, 3.8) is 0 Å². The molecule has 2 rings (SSSR count). The molecular formula is C9H9BrO. The van der Waals surface area contributed by atoms with Crippen LogP contribution in [0.5, 0.6) is 0 Å². The molecule has 2 atom stereocenters. The van der Waals surface area contributed by atoms with E-state index in [1.807, 2.05) is 18.2 Å². The van der Waals surface area contributed by atoms with E-state index in [1.165, 1.54) is 5.56 Å². The summed E-state index contributed by atoms with van der Waals surface area (Å²) < 4.78 is 0. The Morgan fingerprint density at radius 3 is 2.82 bits per heavy atom. The molecule has 2 heteroatoms. The van der Waals surface area contributed by atoms with E-state index in [0.29, 0.717) is 0 Å². The summed E-state index contributed by atoms with van der Waals surface area (Å²) in [5, 5.41) is 9.60. The lowest BCUT2D eigenvalue weighted by atomic mass is 10.1. The van der Waals surface area contributed by atoms with E-state index in [0.717, 1.165) is 12.0 Å². The second-order valence-corrected chi connectivity index (χ2v) is 4.04. The van der Waals surface area contributed by atoms with Crippen LogP contribution in [0.15, 0.2) is 24.3 Å². The lowest BCUT2D eigenvalue weighted by molar-refractivity contribution is 0.187. The van der Waals surface area contributed by atoms with Gasteiger partial charge in [0.2, 0.25) is 0 Å². The van der Waals surface area contributed by atoms with Crippen LogP contribution < -0.4 is 0 Å². The molecule has 0 amide bonds. The highest BCUT2D eigenvalue weighted by atomic mass is 79.9. The van der Waals surface area contributed by atoms with Gasteiger partial charge in [-0.15, -0.1) is 0 Å². The van der Waals surface area contributed by atoms with Gasteiger partial charge in [-0.05, 0) is 17.5 Å². The van der Waals surface area contributed by atoms with E-state index in [4.69, 9.17) is 0 Å². The fraction of sp³-hybridized carbons (Fsp3) is 0.333. The van der Waals surface area contributed by atoms with Gasteiger partial charge in [0, 0.05) is 4.83 Å². The summed E-state index contributed by atoms with van der Waals surface area (Å²) in [7, 11) is 0. The molecule has 1 nitrogen and oxygen atoms in total. The van der Waals surface area contributed by atoms with Gasteiger partial charge >= 0.3 is 0 Å². The van der Waals surface area contributed by atoms with E-state index in [9.17, 15) is 5.11 Å². The first-order chi connectivity index (χ1) is 5.29. The number of aliphatic hydroxyl groups is 1. The topological polar surface area (TPSA) is 20.2 Å². The van der Waals surface area contributed by atoms with Gasteiger partial charge in [-0.25, -0.2) is 0 Å². The Morgan fingerprint density at radius 1 is 1.36 bits per heavy atom. The largest absolute Gasteiger partial charge is 0.387 e. The van der Waals surface area contributed by atoms with Gasteiger partial charge in [-0.3, -0.25) is 0 Å². The standard InChI is InChI=1S/C9H9BrO/c10-8-5-6-3-1-2-4-7(6)9(8)11/h1-4,8-9,11H,5H2/t8-,9?/m0/s1. The average molecular weight is 213 g/mol. The van der Waals surface area contributed by atoms with Crippen LogP contribution in [0.1, 0.15) is 17.2 Å². The number of benzene rings is 1. The van der Waals surface area contributed by atoms with E-state index in [2.05, 4.69) is 22.0 Å². The van der Waals surface area contributed by atoms with Crippen molar-refractivity contribution in [2.45, 2.75) is 17.4 Å². The number of hydrogen-bond acceptors (Lipinski definition) is 1. The Labute approximate surface area is 74.2 Å². The monoisotopic (exact) mass is 212 g/mol. The summed E-state index contributed by atoms with van der Waals surface area (Å²) in [4.78, 5) is 0.208. The minimum absolute atomic E-state index is 0.208. The summed E-state index contributed by atoms with van der Waals surface area (Å²) >= 11 is 3.43. The van der Waals surface area contributed by atoms with Crippen molar-refractivity contribution in [2.75, 3.05) is 0 Å². The first kappa shape index (κ1) is 7.32. The lowest BCUT2D eigenvalue weighted by Crippen LogP contribution is -2.03. The molecule has 1 N–H and O–H groups in total. The smallest absolute Gasteiger partial charge is 0.0920 e. The van der Waals surface area contributed by atoms with Crippen LogP contribution in [0.3, 0.4) is 0 Å². The Kier molecular flexibility index (Phi) is 1.74. The molecule has 0 aliphatic heterocycles. The van der Waals surface area contributed by atoms with Crippen LogP contribution in [-0.4, -0.2) is 9.93 Å². The third kappa shape index (κ3) is 1.10. The minimum atomic E-state index is -0.314. The molecule has 0 bridgehead atoms. The highest BCUT2D eigenvalue weighted by Gasteiger charge is 2.27. The van der Waals surface area contributed by atoms with Crippen molar-refractivity contribution in [1.29, 1.82) is 0 Å². The van der Waals surface area contributed by atoms with Crippen LogP contribution in [0.4, 0.5) is 0 Å². The molecule has 1 unspecified atom stereocenters. The fourth-order valence-corrected chi connectivity index (χ4v) is 2.16. The number of aliphatic hydroxyl groups excluding tert-OH is 1. The molecule has 1 aliphatic rings. The quantitative estimate of drug-likeness (QED) is 0.654. The van der Waals surface area contributed by atoms with Crippen LogP contribution in [-0.2, 0) is 6.42 Å². The lowest BCUT2D eigenvalue weighted by Gasteiger charge is -2.05. The molecule has 0 fully saturated rings. The van der Waals surface area contributed by atoms with Gasteiger partial charge in [0.05, 0.1) is 6.10 Å². The normalized spacial score (nSPS) is 28.5. The minimum Gasteiger partial charge on any atom is -0.387 e. The third-order valence-corrected chi connectivity index (χ3v) is 2.96. The molecule has 0 aromatic heterocycles. The molecule has 58 valence electrons. The molecular weight excluding hydrogens is 204 g/mol. The predicted molar refractivity (Wildman–Crippen MR) is 47.8 cm³/mol. The Balaban J connectivity index is 2.47. The highest BCUT2D eigenvalue weighted by molar-refractivity contribution is 9.09. The van der Waals surface area contributed by atoms with Crippen LogP contribution in [0.25, 0.3) is 0 Å². The van der Waals surface area contributed by atoms with Gasteiger partial charge in [0.1, 0.15) is 0 Å². The first-order valence-corrected chi connectivity index (χ1v) is 4.60. The summed E-state index contributed by atoms with van der Waals surface area (Å²) in [6.07, 6.45) is 0.628. The number of hydrogen-bond donors (Lipinski definition) is 1. The summed E-state index contributed by atoms with van der Waals surface area (Å²) in [6.45, 7) is 0. The van der Waals surface area contributed by atoms with Gasteiger partial charge in [-0.1, -0.05) is 40.2 Å². The van der Waals surface area contributed by atoms with Crippen LogP contribution >= 0.6 is 15.9 Å². The first-order valence-electron chi connectivity index (χ1n) is 3.69. The molecule has 1 aliphatic carbocycles. The maximum atomic E-state index is 9.60. The highest BCUT2D eigenvalue weighted by Crippen LogP contribution is 2.35. The van der Waals surface area contributed by atoms with E-state index in [-0.39, 0.29) is 10.9 Å². The van der Waals surface area contributed by atoms with Crippen molar-refractivity contribution in [2.24, 2.45) is 0 Å². The maximum absolute atomic E-state index is 9.60. The number of fused-ring (bicyclic) bond motifs is 1. The number of alkyl halides is 1. The molecule has 0 spiro atoms. The van der Waals surface area contributed by atoms with Crippen LogP contribution in [0, 0.1) is 0 Å². The maximum Gasteiger partial charge on any atom is 0.0920 e. The molecule has 1 aromatic rings. The second kappa shape index (κ2) is 2.61. The van der Waals surface area contributed by atoms with E-state index >= 15 is 0 Å². The van der Waals surface area contributed by atoms with Gasteiger partial charge in [0.25, 0.3) is 0 Å². The average Bonchev–Trinajstić information content (AvgIpc) is 2.30. The van der Waals surface area contributed by atoms with Gasteiger partial charge < -0.3 is 5.11 Å². The van der Waals surface area contributed by atoms with Gasteiger partial charge in [-0.2, -0.15) is 0 Å². The summed E-state index contributed by atoms with van der Waals surface area (Å²) in [5.74, 6) is 0. The van der Waals surface area contributed by atoms with Crippen LogP contribution in [0.2, 0.25) is 0 Å². The summed E-state index contributed by atoms with van der Waals surface area (Å²) in [5.41, 5.74) is 2.34. The van der Waals surface area contributed by atoms with Crippen molar-refractivity contribution in [1.82, 2.24) is 0 Å². The molecule has 0 heterocycles. The Bertz CT molecular complexity index is 272. The molecule has 11 heavy (non-hydrogen) atoms. The molecule has 0 saturated heterocycles. The molecule has 0 radical (unpaired) electrons. The van der Waals surface area contributed by atoms with Crippen molar-refractivity contribution < 1.29 is 5.11 Å². The second-order valence-electron chi connectivity index (χ2n) is 2.86. The summed E-state index contributed by atoms with van der Waals surface area (Å²) in [6, 6.07) is 8.03. The zero-order chi connectivity index (χ0) is 7.84. The number of rotatable bonds is 0. The van der Waals surface area contributed by atoms with Crippen molar-refractivity contribution in [3.8, 4) is 0 Å².